The number of benzene rings is 1. The van der Waals surface area contributed by atoms with Gasteiger partial charge in [-0.1, -0.05) is 57.4 Å². The Kier molecular flexibility index (Phi) is 8.34. The minimum Gasteiger partial charge on any atom is -0.465 e. The van der Waals surface area contributed by atoms with Crippen molar-refractivity contribution in [1.82, 2.24) is 0 Å². The molecular formula is C23H34O3. The highest BCUT2D eigenvalue weighted by Gasteiger charge is 2.24. The molecule has 1 aliphatic rings. The van der Waals surface area contributed by atoms with Gasteiger partial charge in [-0.15, -0.1) is 0 Å². The second-order valence-corrected chi connectivity index (χ2v) is 7.95. The Balaban J connectivity index is 1.79. The average molecular weight is 359 g/mol. The van der Waals surface area contributed by atoms with Crippen molar-refractivity contribution in [2.24, 2.45) is 11.8 Å². The zero-order chi connectivity index (χ0) is 18.9. The van der Waals surface area contributed by atoms with Crippen molar-refractivity contribution in [3.8, 4) is 0 Å². The molecule has 0 saturated heterocycles. The lowest BCUT2D eigenvalue weighted by Gasteiger charge is -2.16. The molecule has 1 aromatic carbocycles. The number of ketones is 1. The van der Waals surface area contributed by atoms with Gasteiger partial charge in [-0.25, -0.2) is 0 Å². The minimum absolute atomic E-state index is 0.147. The van der Waals surface area contributed by atoms with Gasteiger partial charge >= 0.3 is 5.97 Å². The van der Waals surface area contributed by atoms with Gasteiger partial charge in [0, 0.05) is 12.3 Å². The molecule has 3 heteroatoms. The lowest BCUT2D eigenvalue weighted by Crippen LogP contribution is -2.17. The summed E-state index contributed by atoms with van der Waals surface area (Å²) < 4.78 is 5.52. The van der Waals surface area contributed by atoms with E-state index in [0.29, 0.717) is 18.3 Å². The third kappa shape index (κ3) is 6.26. The van der Waals surface area contributed by atoms with Crippen LogP contribution in [0.3, 0.4) is 0 Å². The van der Waals surface area contributed by atoms with Gasteiger partial charge in [0.2, 0.25) is 0 Å². The zero-order valence-corrected chi connectivity index (χ0v) is 16.6. The van der Waals surface area contributed by atoms with E-state index in [-0.39, 0.29) is 17.8 Å². The predicted molar refractivity (Wildman–Crippen MR) is 105 cm³/mol. The third-order valence-corrected chi connectivity index (χ3v) is 5.56. The maximum absolute atomic E-state index is 12.3. The summed E-state index contributed by atoms with van der Waals surface area (Å²) in [5.41, 5.74) is 2.16. The fourth-order valence-corrected chi connectivity index (χ4v) is 3.64. The van der Waals surface area contributed by atoms with Crippen LogP contribution in [0.15, 0.2) is 24.3 Å². The van der Waals surface area contributed by atoms with E-state index >= 15 is 0 Å². The SMILES string of the molecule is CCCCCC(C)COC(=O)C(C)c1ccc(CC2CCCC2=O)cc1. The standard InChI is InChI=1S/C23H34O3/c1-4-5-6-8-17(2)16-26-23(25)18(3)20-13-11-19(12-14-20)15-21-9-7-10-22(21)24/h11-14,17-18,21H,4-10,15-16H2,1-3H3. The molecule has 144 valence electrons. The minimum atomic E-state index is -0.250. The summed E-state index contributed by atoms with van der Waals surface area (Å²) in [5.74, 6) is 0.617. The Labute approximate surface area is 158 Å². The van der Waals surface area contributed by atoms with Gasteiger partial charge in [0.1, 0.15) is 5.78 Å². The molecule has 0 aliphatic heterocycles. The molecular weight excluding hydrogens is 324 g/mol. The first-order valence-electron chi connectivity index (χ1n) is 10.3. The van der Waals surface area contributed by atoms with Crippen LogP contribution in [0.4, 0.5) is 0 Å². The van der Waals surface area contributed by atoms with Crippen molar-refractivity contribution in [3.05, 3.63) is 35.4 Å². The number of carbonyl (C=O) groups excluding carboxylic acids is 2. The summed E-state index contributed by atoms with van der Waals surface area (Å²) in [6.45, 7) is 6.75. The monoisotopic (exact) mass is 358 g/mol. The van der Waals surface area contributed by atoms with Gasteiger partial charge in [-0.05, 0) is 49.7 Å². The summed E-state index contributed by atoms with van der Waals surface area (Å²) in [6.07, 6.45) is 8.39. The lowest BCUT2D eigenvalue weighted by molar-refractivity contribution is -0.146. The van der Waals surface area contributed by atoms with Gasteiger partial charge in [-0.2, -0.15) is 0 Å². The van der Waals surface area contributed by atoms with E-state index in [2.05, 4.69) is 26.0 Å². The van der Waals surface area contributed by atoms with Crippen LogP contribution in [-0.2, 0) is 20.7 Å². The summed E-state index contributed by atoms with van der Waals surface area (Å²) >= 11 is 0. The molecule has 0 spiro atoms. The number of esters is 1. The van der Waals surface area contributed by atoms with Crippen molar-refractivity contribution < 1.29 is 14.3 Å². The van der Waals surface area contributed by atoms with E-state index in [9.17, 15) is 9.59 Å². The topological polar surface area (TPSA) is 43.4 Å². The second-order valence-electron chi connectivity index (χ2n) is 7.95. The first kappa shape index (κ1) is 20.7. The summed E-state index contributed by atoms with van der Waals surface area (Å²) in [5, 5.41) is 0. The lowest BCUT2D eigenvalue weighted by atomic mass is 9.94. The molecule has 0 heterocycles. The van der Waals surface area contributed by atoms with E-state index < -0.39 is 0 Å². The Morgan fingerprint density at radius 2 is 1.92 bits per heavy atom. The van der Waals surface area contributed by atoms with E-state index in [1.807, 2.05) is 19.1 Å². The molecule has 3 nitrogen and oxygen atoms in total. The molecule has 2 rings (SSSR count). The fraction of sp³-hybridized carbons (Fsp3) is 0.652. The molecule has 1 fully saturated rings. The molecule has 0 bridgehead atoms. The van der Waals surface area contributed by atoms with Gasteiger partial charge in [0.25, 0.3) is 0 Å². The van der Waals surface area contributed by atoms with Crippen molar-refractivity contribution in [2.75, 3.05) is 6.61 Å². The van der Waals surface area contributed by atoms with Gasteiger partial charge in [0.05, 0.1) is 12.5 Å². The molecule has 0 aromatic heterocycles. The van der Waals surface area contributed by atoms with E-state index in [1.54, 1.807) is 0 Å². The second kappa shape index (κ2) is 10.5. The van der Waals surface area contributed by atoms with Crippen LogP contribution in [0.25, 0.3) is 0 Å². The normalized spacial score (nSPS) is 19.3. The van der Waals surface area contributed by atoms with Crippen LogP contribution in [-0.4, -0.2) is 18.4 Å². The number of unbranched alkanes of at least 4 members (excludes halogenated alkanes) is 2. The van der Waals surface area contributed by atoms with Crippen molar-refractivity contribution in [2.45, 2.75) is 78.1 Å². The Hall–Kier alpha value is -1.64. The van der Waals surface area contributed by atoms with Gasteiger partial charge in [0.15, 0.2) is 0 Å². The summed E-state index contributed by atoms with van der Waals surface area (Å²) in [4.78, 5) is 24.1. The van der Waals surface area contributed by atoms with E-state index in [0.717, 1.165) is 37.7 Å². The predicted octanol–water partition coefficient (Wildman–Crippen LogP) is 5.46. The molecule has 0 radical (unpaired) electrons. The fourth-order valence-electron chi connectivity index (χ4n) is 3.64. The highest BCUT2D eigenvalue weighted by atomic mass is 16.5. The van der Waals surface area contributed by atoms with Gasteiger partial charge < -0.3 is 4.74 Å². The van der Waals surface area contributed by atoms with Crippen LogP contribution in [0.5, 0.6) is 0 Å². The van der Waals surface area contributed by atoms with Gasteiger partial charge in [-0.3, -0.25) is 9.59 Å². The molecule has 3 unspecified atom stereocenters. The molecule has 1 saturated carbocycles. The van der Waals surface area contributed by atoms with E-state index in [1.165, 1.54) is 24.8 Å². The largest absolute Gasteiger partial charge is 0.465 e. The number of ether oxygens (including phenoxy) is 1. The molecule has 0 N–H and O–H groups in total. The Morgan fingerprint density at radius 1 is 1.19 bits per heavy atom. The number of hydrogen-bond acceptors (Lipinski definition) is 3. The van der Waals surface area contributed by atoms with Crippen LogP contribution < -0.4 is 0 Å². The highest BCUT2D eigenvalue weighted by molar-refractivity contribution is 5.83. The van der Waals surface area contributed by atoms with Crippen molar-refractivity contribution in [1.29, 1.82) is 0 Å². The summed E-state index contributed by atoms with van der Waals surface area (Å²) in [7, 11) is 0. The van der Waals surface area contributed by atoms with Crippen LogP contribution in [0.2, 0.25) is 0 Å². The van der Waals surface area contributed by atoms with E-state index in [4.69, 9.17) is 4.74 Å². The van der Waals surface area contributed by atoms with Crippen molar-refractivity contribution in [3.63, 3.8) is 0 Å². The van der Waals surface area contributed by atoms with Crippen LogP contribution in [0.1, 0.15) is 82.8 Å². The maximum Gasteiger partial charge on any atom is 0.313 e. The quantitative estimate of drug-likeness (QED) is 0.412. The average Bonchev–Trinajstić information content (AvgIpc) is 3.04. The van der Waals surface area contributed by atoms with Crippen LogP contribution in [0, 0.1) is 11.8 Å². The van der Waals surface area contributed by atoms with Crippen molar-refractivity contribution >= 4 is 11.8 Å². The highest BCUT2D eigenvalue weighted by Crippen LogP contribution is 2.26. The Bertz CT molecular complexity index is 576. The number of hydrogen-bond donors (Lipinski definition) is 0. The number of carbonyl (C=O) groups is 2. The number of Topliss-reactive ketones (excluding diaryl/α,β-unsaturated/α-hetero) is 1. The Morgan fingerprint density at radius 3 is 2.54 bits per heavy atom. The zero-order valence-electron chi connectivity index (χ0n) is 16.6. The maximum atomic E-state index is 12.3. The number of rotatable bonds is 10. The summed E-state index contributed by atoms with van der Waals surface area (Å²) in [6, 6.07) is 8.12. The molecule has 26 heavy (non-hydrogen) atoms. The first-order valence-corrected chi connectivity index (χ1v) is 10.3. The smallest absolute Gasteiger partial charge is 0.313 e. The first-order chi connectivity index (χ1) is 12.5. The van der Waals surface area contributed by atoms with Crippen LogP contribution >= 0.6 is 0 Å². The molecule has 0 amide bonds. The molecule has 1 aromatic rings. The third-order valence-electron chi connectivity index (χ3n) is 5.56. The molecule has 1 aliphatic carbocycles. The molecule has 3 atom stereocenters.